The van der Waals surface area contributed by atoms with Gasteiger partial charge in [-0.05, 0) is 38.1 Å². The van der Waals surface area contributed by atoms with E-state index in [0.29, 0.717) is 13.1 Å². The van der Waals surface area contributed by atoms with Crippen LogP contribution in [0.25, 0.3) is 0 Å². The highest BCUT2D eigenvalue weighted by atomic mass is 35.5. The summed E-state index contributed by atoms with van der Waals surface area (Å²) < 4.78 is 31.7. The lowest BCUT2D eigenvalue weighted by Gasteiger charge is -2.24. The summed E-state index contributed by atoms with van der Waals surface area (Å²) in [6, 6.07) is 4.02. The van der Waals surface area contributed by atoms with Crippen molar-refractivity contribution in [3.8, 4) is 0 Å². The Hall–Kier alpha value is -0.860. The first-order valence-electron chi connectivity index (χ1n) is 6.96. The summed E-state index contributed by atoms with van der Waals surface area (Å²) in [5.74, 6) is -0.555. The predicted octanol–water partition coefficient (Wildman–Crippen LogP) is 1.92. The Labute approximate surface area is 147 Å². The van der Waals surface area contributed by atoms with Gasteiger partial charge < -0.3 is 10.1 Å². The first kappa shape index (κ1) is 20.2. The number of methoxy groups -OCH3 is 1. The summed E-state index contributed by atoms with van der Waals surface area (Å²) in [5.41, 5.74) is 0.222. The van der Waals surface area contributed by atoms with Crippen molar-refractivity contribution in [3.05, 3.63) is 28.8 Å². The summed E-state index contributed by atoms with van der Waals surface area (Å²) in [6.45, 7) is 1.07. The van der Waals surface area contributed by atoms with E-state index in [1.54, 1.807) is 7.05 Å². The number of nitrogens with one attached hydrogen (secondary N) is 1. The van der Waals surface area contributed by atoms with Gasteiger partial charge in [-0.15, -0.1) is 12.4 Å². The van der Waals surface area contributed by atoms with Crippen molar-refractivity contribution in [2.75, 3.05) is 27.2 Å². The maximum absolute atomic E-state index is 12.8. The Balaban J connectivity index is 0.00000264. The normalized spacial score (nSPS) is 18.5. The third kappa shape index (κ3) is 4.16. The molecule has 6 nitrogen and oxygen atoms in total. The molecular formula is C14H20Cl2N2O4S. The van der Waals surface area contributed by atoms with Gasteiger partial charge in [-0.2, -0.15) is 4.31 Å². The molecule has 0 radical (unpaired) electrons. The zero-order valence-electron chi connectivity index (χ0n) is 12.9. The molecule has 0 spiro atoms. The van der Waals surface area contributed by atoms with Gasteiger partial charge in [0.15, 0.2) is 0 Å². The summed E-state index contributed by atoms with van der Waals surface area (Å²) in [6.07, 6.45) is 1.64. The molecular weight excluding hydrogens is 363 g/mol. The molecule has 1 N–H and O–H groups in total. The van der Waals surface area contributed by atoms with Gasteiger partial charge in [0, 0.05) is 19.1 Å². The predicted molar refractivity (Wildman–Crippen MR) is 90.9 cm³/mol. The van der Waals surface area contributed by atoms with Crippen LogP contribution < -0.4 is 5.32 Å². The third-order valence-corrected chi connectivity index (χ3v) is 6.14. The monoisotopic (exact) mass is 382 g/mol. The van der Waals surface area contributed by atoms with Gasteiger partial charge in [0.25, 0.3) is 0 Å². The number of benzene rings is 1. The number of hydrogen-bond acceptors (Lipinski definition) is 5. The van der Waals surface area contributed by atoms with E-state index in [0.717, 1.165) is 12.8 Å². The van der Waals surface area contributed by atoms with Crippen molar-refractivity contribution in [1.82, 2.24) is 9.62 Å². The molecule has 2 rings (SSSR count). The van der Waals surface area contributed by atoms with Crippen LogP contribution in [0.2, 0.25) is 5.02 Å². The van der Waals surface area contributed by atoms with Crippen LogP contribution in [0.4, 0.5) is 0 Å². The fourth-order valence-corrected chi connectivity index (χ4v) is 4.86. The standard InChI is InChI=1S/C14H19ClN2O4S.ClH/c1-16-9-11-4-3-7-17(11)22(19,20)13-6-5-10(8-12(13)15)14(18)21-2;/h5-6,8,11,16H,3-4,7,9H2,1-2H3;1H. The average Bonchev–Trinajstić information content (AvgIpc) is 2.95. The Morgan fingerprint density at radius 1 is 1.48 bits per heavy atom. The van der Waals surface area contributed by atoms with Crippen LogP contribution in [0.1, 0.15) is 23.2 Å². The van der Waals surface area contributed by atoms with Crippen molar-refractivity contribution in [2.24, 2.45) is 0 Å². The van der Waals surface area contributed by atoms with Crippen molar-refractivity contribution in [2.45, 2.75) is 23.8 Å². The summed E-state index contributed by atoms with van der Waals surface area (Å²) in [7, 11) is -0.630. The van der Waals surface area contributed by atoms with E-state index in [1.807, 2.05) is 0 Å². The van der Waals surface area contributed by atoms with Crippen molar-refractivity contribution < 1.29 is 17.9 Å². The summed E-state index contributed by atoms with van der Waals surface area (Å²) >= 11 is 6.09. The van der Waals surface area contributed by atoms with E-state index in [2.05, 4.69) is 10.1 Å². The second-order valence-electron chi connectivity index (χ2n) is 5.11. The molecule has 0 amide bonds. The minimum absolute atomic E-state index is 0. The molecule has 23 heavy (non-hydrogen) atoms. The minimum atomic E-state index is -3.68. The third-order valence-electron chi connectivity index (χ3n) is 3.70. The number of carbonyl (C=O) groups excluding carboxylic acids is 1. The first-order valence-corrected chi connectivity index (χ1v) is 8.78. The highest BCUT2D eigenvalue weighted by Gasteiger charge is 2.36. The fraction of sp³-hybridized carbons (Fsp3) is 0.500. The lowest BCUT2D eigenvalue weighted by Crippen LogP contribution is -2.40. The van der Waals surface area contributed by atoms with E-state index in [1.165, 1.54) is 29.6 Å². The van der Waals surface area contributed by atoms with E-state index in [-0.39, 0.29) is 33.9 Å². The number of carbonyl (C=O) groups is 1. The molecule has 0 aliphatic carbocycles. The van der Waals surface area contributed by atoms with E-state index < -0.39 is 16.0 Å². The molecule has 0 bridgehead atoms. The van der Waals surface area contributed by atoms with E-state index in [4.69, 9.17) is 11.6 Å². The van der Waals surface area contributed by atoms with Gasteiger partial charge in [0.05, 0.1) is 17.7 Å². The largest absolute Gasteiger partial charge is 0.465 e. The second-order valence-corrected chi connectivity index (χ2v) is 7.37. The number of hydrogen-bond donors (Lipinski definition) is 1. The summed E-state index contributed by atoms with van der Waals surface area (Å²) in [4.78, 5) is 11.5. The van der Waals surface area contributed by atoms with Crippen molar-refractivity contribution >= 4 is 40.0 Å². The van der Waals surface area contributed by atoms with Gasteiger partial charge in [-0.3, -0.25) is 0 Å². The van der Waals surface area contributed by atoms with Crippen LogP contribution in [0, 0.1) is 0 Å². The number of halogens is 2. The van der Waals surface area contributed by atoms with Crippen molar-refractivity contribution in [1.29, 1.82) is 0 Å². The van der Waals surface area contributed by atoms with Crippen LogP contribution in [-0.4, -0.2) is 52.0 Å². The zero-order chi connectivity index (χ0) is 16.3. The summed E-state index contributed by atoms with van der Waals surface area (Å²) in [5, 5.41) is 3.04. The molecule has 1 fully saturated rings. The topological polar surface area (TPSA) is 75.7 Å². The van der Waals surface area contributed by atoms with Crippen molar-refractivity contribution in [3.63, 3.8) is 0 Å². The highest BCUT2D eigenvalue weighted by Crippen LogP contribution is 2.30. The maximum atomic E-state index is 12.8. The number of nitrogens with zero attached hydrogens (tertiary/aromatic N) is 1. The molecule has 1 aromatic rings. The molecule has 0 aromatic heterocycles. The van der Waals surface area contributed by atoms with Gasteiger partial charge >= 0.3 is 5.97 Å². The molecule has 0 saturated carbocycles. The fourth-order valence-electron chi connectivity index (χ4n) is 2.65. The molecule has 1 aromatic carbocycles. The minimum Gasteiger partial charge on any atom is -0.465 e. The van der Waals surface area contributed by atoms with Gasteiger partial charge in [0.2, 0.25) is 10.0 Å². The van der Waals surface area contributed by atoms with E-state index in [9.17, 15) is 13.2 Å². The quantitative estimate of drug-likeness (QED) is 0.787. The van der Waals surface area contributed by atoms with Gasteiger partial charge in [-0.25, -0.2) is 13.2 Å². The molecule has 1 atom stereocenters. The van der Waals surface area contributed by atoms with Gasteiger partial charge in [-0.1, -0.05) is 11.6 Å². The number of esters is 1. The lowest BCUT2D eigenvalue weighted by molar-refractivity contribution is 0.0600. The number of rotatable bonds is 5. The Bertz CT molecular complexity index is 667. The zero-order valence-corrected chi connectivity index (χ0v) is 15.3. The SMILES string of the molecule is CNCC1CCCN1S(=O)(=O)c1ccc(C(=O)OC)cc1Cl.Cl. The lowest BCUT2D eigenvalue weighted by atomic mass is 10.2. The molecule has 1 unspecified atom stereocenters. The molecule has 1 heterocycles. The molecule has 1 aliphatic rings. The number of ether oxygens (including phenoxy) is 1. The molecule has 1 saturated heterocycles. The van der Waals surface area contributed by atoms with Crippen LogP contribution in [0.15, 0.2) is 23.1 Å². The molecule has 1 aliphatic heterocycles. The van der Waals surface area contributed by atoms with E-state index >= 15 is 0 Å². The molecule has 9 heteroatoms. The van der Waals surface area contributed by atoms with Crippen LogP contribution in [0.3, 0.4) is 0 Å². The highest BCUT2D eigenvalue weighted by molar-refractivity contribution is 7.89. The first-order chi connectivity index (χ1) is 10.4. The smallest absolute Gasteiger partial charge is 0.337 e. The van der Waals surface area contributed by atoms with Crippen LogP contribution in [-0.2, 0) is 14.8 Å². The second kappa shape index (κ2) is 8.30. The Morgan fingerprint density at radius 3 is 2.74 bits per heavy atom. The average molecular weight is 383 g/mol. The number of sulfonamides is 1. The van der Waals surface area contributed by atoms with Gasteiger partial charge in [0.1, 0.15) is 4.90 Å². The number of likely N-dealkylation sites (N-methyl/N-ethyl adjacent to an activating group) is 1. The van der Waals surface area contributed by atoms with Crippen LogP contribution >= 0.6 is 24.0 Å². The maximum Gasteiger partial charge on any atom is 0.337 e. The van der Waals surface area contributed by atoms with Crippen LogP contribution in [0.5, 0.6) is 0 Å². The Kier molecular flexibility index (Phi) is 7.29. The molecule has 130 valence electrons. The Morgan fingerprint density at radius 2 is 2.17 bits per heavy atom.